The third-order valence-corrected chi connectivity index (χ3v) is 3.33. The highest BCUT2D eigenvalue weighted by atomic mass is 35.5. The first-order chi connectivity index (χ1) is 9.50. The fraction of sp³-hybridized carbons (Fsp3) is 0.333. The average molecular weight is 292 g/mol. The molecule has 0 aliphatic rings. The molecule has 0 spiro atoms. The van der Waals surface area contributed by atoms with E-state index in [0.29, 0.717) is 29.8 Å². The third-order valence-electron chi connectivity index (χ3n) is 3.14. The van der Waals surface area contributed by atoms with Crippen LogP contribution in [0.25, 0.3) is 11.4 Å². The second kappa shape index (κ2) is 6.20. The van der Waals surface area contributed by atoms with Gasteiger partial charge in [-0.05, 0) is 13.3 Å². The first-order valence-corrected chi connectivity index (χ1v) is 6.94. The average Bonchev–Trinajstić information content (AvgIpc) is 2.46. The Morgan fingerprint density at radius 3 is 2.60 bits per heavy atom. The Morgan fingerprint density at radius 2 is 1.95 bits per heavy atom. The van der Waals surface area contributed by atoms with Crippen molar-refractivity contribution in [1.82, 2.24) is 9.97 Å². The molecule has 4 nitrogen and oxygen atoms in total. The lowest BCUT2D eigenvalue weighted by atomic mass is 10.0. The monoisotopic (exact) mass is 291 g/mol. The maximum atomic E-state index is 10.0. The summed E-state index contributed by atoms with van der Waals surface area (Å²) in [5, 5.41) is 13.5. The molecule has 106 valence electrons. The van der Waals surface area contributed by atoms with E-state index in [2.05, 4.69) is 15.3 Å². The molecule has 2 aromatic rings. The lowest BCUT2D eigenvalue weighted by Gasteiger charge is -2.22. The number of rotatable bonds is 5. The number of nitrogens with one attached hydrogen (secondary N) is 1. The number of aromatic nitrogens is 2. The molecule has 0 aliphatic heterocycles. The minimum atomic E-state index is -0.773. The van der Waals surface area contributed by atoms with E-state index in [1.54, 1.807) is 13.0 Å². The van der Waals surface area contributed by atoms with E-state index in [4.69, 9.17) is 11.6 Å². The molecule has 0 fully saturated rings. The molecule has 5 heteroatoms. The molecule has 20 heavy (non-hydrogen) atoms. The number of anilines is 1. The van der Waals surface area contributed by atoms with Gasteiger partial charge in [-0.3, -0.25) is 0 Å². The second-order valence-electron chi connectivity index (χ2n) is 4.97. The molecular weight excluding hydrogens is 274 g/mol. The standard InChI is InChI=1S/C15H18ClN3O/c1-3-15(2,20)10-17-13-9-12(16)18-14(19-13)11-7-5-4-6-8-11/h4-9,20H,3,10H2,1-2H3,(H,17,18,19). The zero-order chi connectivity index (χ0) is 14.6. The molecule has 1 unspecified atom stereocenters. The Balaban J connectivity index is 2.21. The van der Waals surface area contributed by atoms with Gasteiger partial charge in [0, 0.05) is 18.2 Å². The summed E-state index contributed by atoms with van der Waals surface area (Å²) >= 11 is 6.03. The molecule has 1 atom stereocenters. The van der Waals surface area contributed by atoms with Gasteiger partial charge in [-0.2, -0.15) is 0 Å². The van der Waals surface area contributed by atoms with Crippen molar-refractivity contribution in [3.63, 3.8) is 0 Å². The van der Waals surface area contributed by atoms with Crippen LogP contribution in [0.2, 0.25) is 5.15 Å². The third kappa shape index (κ3) is 3.92. The normalized spacial score (nSPS) is 13.8. The van der Waals surface area contributed by atoms with Gasteiger partial charge in [0.15, 0.2) is 5.82 Å². The summed E-state index contributed by atoms with van der Waals surface area (Å²) in [5.41, 5.74) is 0.130. The van der Waals surface area contributed by atoms with Crippen LogP contribution in [-0.4, -0.2) is 27.2 Å². The van der Waals surface area contributed by atoms with E-state index >= 15 is 0 Å². The minimum Gasteiger partial charge on any atom is -0.388 e. The zero-order valence-corrected chi connectivity index (χ0v) is 12.4. The highest BCUT2D eigenvalue weighted by Gasteiger charge is 2.17. The van der Waals surface area contributed by atoms with E-state index in [0.717, 1.165) is 5.56 Å². The predicted octanol–water partition coefficient (Wildman–Crippen LogP) is 3.37. The van der Waals surface area contributed by atoms with Crippen molar-refractivity contribution in [2.45, 2.75) is 25.9 Å². The highest BCUT2D eigenvalue weighted by Crippen LogP contribution is 2.20. The molecular formula is C15H18ClN3O. The van der Waals surface area contributed by atoms with Crippen LogP contribution in [-0.2, 0) is 0 Å². The van der Waals surface area contributed by atoms with Crippen LogP contribution in [0, 0.1) is 0 Å². The summed E-state index contributed by atoms with van der Waals surface area (Å²) in [6.07, 6.45) is 0.657. The maximum Gasteiger partial charge on any atom is 0.163 e. The lowest BCUT2D eigenvalue weighted by molar-refractivity contribution is 0.0696. The van der Waals surface area contributed by atoms with E-state index in [-0.39, 0.29) is 0 Å². The van der Waals surface area contributed by atoms with Crippen molar-refractivity contribution in [2.75, 3.05) is 11.9 Å². The smallest absolute Gasteiger partial charge is 0.163 e. The predicted molar refractivity (Wildman–Crippen MR) is 81.9 cm³/mol. The van der Waals surface area contributed by atoms with E-state index in [9.17, 15) is 5.11 Å². The molecule has 2 rings (SSSR count). The van der Waals surface area contributed by atoms with Crippen molar-refractivity contribution in [2.24, 2.45) is 0 Å². The number of aliphatic hydroxyl groups is 1. The summed E-state index contributed by atoms with van der Waals surface area (Å²) < 4.78 is 0. The number of hydrogen-bond acceptors (Lipinski definition) is 4. The van der Waals surface area contributed by atoms with Crippen LogP contribution in [0.5, 0.6) is 0 Å². The Bertz CT molecular complexity index is 573. The van der Waals surface area contributed by atoms with Crippen molar-refractivity contribution < 1.29 is 5.11 Å². The quantitative estimate of drug-likeness (QED) is 0.829. The molecule has 1 heterocycles. The van der Waals surface area contributed by atoms with Crippen LogP contribution < -0.4 is 5.32 Å². The van der Waals surface area contributed by atoms with Gasteiger partial charge in [0.05, 0.1) is 5.60 Å². The van der Waals surface area contributed by atoms with Gasteiger partial charge in [-0.15, -0.1) is 0 Å². The number of hydrogen-bond donors (Lipinski definition) is 2. The zero-order valence-electron chi connectivity index (χ0n) is 11.6. The molecule has 0 bridgehead atoms. The maximum absolute atomic E-state index is 10.0. The van der Waals surface area contributed by atoms with Crippen LogP contribution in [0.1, 0.15) is 20.3 Å². The minimum absolute atomic E-state index is 0.373. The Morgan fingerprint density at radius 1 is 1.25 bits per heavy atom. The van der Waals surface area contributed by atoms with Gasteiger partial charge >= 0.3 is 0 Å². The van der Waals surface area contributed by atoms with Gasteiger partial charge in [-0.1, -0.05) is 48.9 Å². The topological polar surface area (TPSA) is 58.0 Å². The molecule has 0 radical (unpaired) electrons. The molecule has 0 saturated carbocycles. The molecule has 1 aromatic heterocycles. The van der Waals surface area contributed by atoms with Crippen molar-refractivity contribution >= 4 is 17.4 Å². The van der Waals surface area contributed by atoms with E-state index in [1.165, 1.54) is 0 Å². The van der Waals surface area contributed by atoms with Crippen molar-refractivity contribution in [3.05, 3.63) is 41.6 Å². The van der Waals surface area contributed by atoms with Crippen LogP contribution in [0.3, 0.4) is 0 Å². The molecule has 1 aromatic carbocycles. The second-order valence-corrected chi connectivity index (χ2v) is 5.36. The Labute approximate surface area is 123 Å². The van der Waals surface area contributed by atoms with Gasteiger partial charge in [-0.25, -0.2) is 9.97 Å². The molecule has 0 amide bonds. The van der Waals surface area contributed by atoms with E-state index < -0.39 is 5.60 Å². The molecule has 0 saturated heterocycles. The Kier molecular flexibility index (Phi) is 4.57. The first kappa shape index (κ1) is 14.8. The van der Waals surface area contributed by atoms with Gasteiger partial charge in [0.1, 0.15) is 11.0 Å². The SMILES string of the molecule is CCC(C)(O)CNc1cc(Cl)nc(-c2ccccc2)n1. The van der Waals surface area contributed by atoms with Crippen LogP contribution in [0.15, 0.2) is 36.4 Å². The summed E-state index contributed by atoms with van der Waals surface area (Å²) in [5.74, 6) is 1.18. The summed E-state index contributed by atoms with van der Waals surface area (Å²) in [7, 11) is 0. The van der Waals surface area contributed by atoms with E-state index in [1.807, 2.05) is 37.3 Å². The van der Waals surface area contributed by atoms with Crippen LogP contribution in [0.4, 0.5) is 5.82 Å². The lowest BCUT2D eigenvalue weighted by Crippen LogP contribution is -2.32. The summed E-state index contributed by atoms with van der Waals surface area (Å²) in [6, 6.07) is 11.3. The Hall–Kier alpha value is -1.65. The van der Waals surface area contributed by atoms with Crippen molar-refractivity contribution in [3.8, 4) is 11.4 Å². The summed E-state index contributed by atoms with van der Waals surface area (Å²) in [6.45, 7) is 4.12. The van der Waals surface area contributed by atoms with Gasteiger partial charge in [0.2, 0.25) is 0 Å². The largest absolute Gasteiger partial charge is 0.388 e. The number of nitrogens with zero attached hydrogens (tertiary/aromatic N) is 2. The van der Waals surface area contributed by atoms with Gasteiger partial charge < -0.3 is 10.4 Å². The van der Waals surface area contributed by atoms with Crippen molar-refractivity contribution in [1.29, 1.82) is 0 Å². The molecule has 0 aliphatic carbocycles. The molecule has 2 N–H and O–H groups in total. The fourth-order valence-corrected chi connectivity index (χ4v) is 1.81. The number of halogens is 1. The van der Waals surface area contributed by atoms with Gasteiger partial charge in [0.25, 0.3) is 0 Å². The summed E-state index contributed by atoms with van der Waals surface area (Å²) in [4.78, 5) is 8.64. The first-order valence-electron chi connectivity index (χ1n) is 6.56. The fourth-order valence-electron chi connectivity index (χ4n) is 1.63. The highest BCUT2D eigenvalue weighted by molar-refractivity contribution is 6.29. The number of benzene rings is 1. The van der Waals surface area contributed by atoms with Crippen LogP contribution >= 0.6 is 11.6 Å².